The number of hydrogen-bond acceptors (Lipinski definition) is 2. The summed E-state index contributed by atoms with van der Waals surface area (Å²) in [6.07, 6.45) is 0.761. The summed E-state index contributed by atoms with van der Waals surface area (Å²) >= 11 is 0. The molecule has 4 heteroatoms. The minimum absolute atomic E-state index is 0.0619. The average Bonchev–Trinajstić information content (AvgIpc) is 2.87. The Kier molecular flexibility index (Phi) is 3.99. The first kappa shape index (κ1) is 17.0. The van der Waals surface area contributed by atoms with Crippen LogP contribution in [0.1, 0.15) is 40.3 Å². The van der Waals surface area contributed by atoms with E-state index in [4.69, 9.17) is 0 Å². The Morgan fingerprint density at radius 2 is 1.38 bits per heavy atom. The Balaban J connectivity index is 2.28. The molecule has 0 N–H and O–H groups in total. The van der Waals surface area contributed by atoms with E-state index in [1.54, 1.807) is 4.31 Å². The zero-order valence-electron chi connectivity index (χ0n) is 15.3. The number of benzene rings is 2. The van der Waals surface area contributed by atoms with Gasteiger partial charge in [0, 0.05) is 6.04 Å². The van der Waals surface area contributed by atoms with Crippen LogP contribution in [-0.4, -0.2) is 14.5 Å². The molecule has 0 aromatic heterocycles. The van der Waals surface area contributed by atoms with E-state index in [0.717, 1.165) is 39.9 Å². The van der Waals surface area contributed by atoms with Gasteiger partial charge in [0.1, 0.15) is 0 Å². The molecule has 128 valence electrons. The molecule has 0 amide bonds. The molecule has 2 aromatic rings. The van der Waals surface area contributed by atoms with Gasteiger partial charge in [-0.3, -0.25) is 4.31 Å². The lowest BCUT2D eigenvalue weighted by Crippen LogP contribution is -2.36. The molecule has 1 atom stereocenters. The van der Waals surface area contributed by atoms with Crippen LogP contribution in [0.4, 0.5) is 5.69 Å². The molecule has 0 bridgehead atoms. The van der Waals surface area contributed by atoms with Crippen LogP contribution in [0, 0.1) is 34.6 Å². The molecule has 0 aliphatic carbocycles. The van der Waals surface area contributed by atoms with Crippen LogP contribution in [0.3, 0.4) is 0 Å². The van der Waals surface area contributed by atoms with Gasteiger partial charge >= 0.3 is 0 Å². The van der Waals surface area contributed by atoms with Crippen LogP contribution < -0.4 is 4.31 Å². The predicted octanol–water partition coefficient (Wildman–Crippen LogP) is 4.37. The maximum atomic E-state index is 13.6. The third kappa shape index (κ3) is 2.27. The number of rotatable bonds is 2. The third-order valence-electron chi connectivity index (χ3n) is 5.59. The smallest absolute Gasteiger partial charge is 0.263 e. The summed E-state index contributed by atoms with van der Waals surface area (Å²) in [5, 5.41) is 0. The average molecular weight is 343 g/mol. The van der Waals surface area contributed by atoms with Gasteiger partial charge in [-0.25, -0.2) is 8.42 Å². The maximum Gasteiger partial charge on any atom is 0.265 e. The van der Waals surface area contributed by atoms with Crippen molar-refractivity contribution in [1.82, 2.24) is 0 Å². The molecule has 1 unspecified atom stereocenters. The first-order valence-electron chi connectivity index (χ1n) is 8.37. The topological polar surface area (TPSA) is 37.4 Å². The number of nitrogens with zero attached hydrogens (tertiary/aromatic N) is 1. The summed E-state index contributed by atoms with van der Waals surface area (Å²) < 4.78 is 28.8. The SMILES string of the molecule is Cc1c(C)c(C)c(S(=O)(=O)N2c3ccccc3CC2C)c(C)c1C. The molecule has 1 aliphatic rings. The van der Waals surface area contributed by atoms with Crippen molar-refractivity contribution in [2.24, 2.45) is 0 Å². The quantitative estimate of drug-likeness (QED) is 0.812. The number of para-hydroxylation sites is 1. The molecule has 2 aromatic carbocycles. The zero-order valence-corrected chi connectivity index (χ0v) is 16.1. The van der Waals surface area contributed by atoms with Crippen molar-refractivity contribution < 1.29 is 8.42 Å². The van der Waals surface area contributed by atoms with E-state index in [1.807, 2.05) is 58.9 Å². The molecule has 0 spiro atoms. The Morgan fingerprint density at radius 3 is 1.96 bits per heavy atom. The molecule has 3 nitrogen and oxygen atoms in total. The molecule has 1 aliphatic heterocycles. The number of fused-ring (bicyclic) bond motifs is 1. The summed E-state index contributed by atoms with van der Waals surface area (Å²) in [5.41, 5.74) is 6.97. The molecule has 0 saturated carbocycles. The van der Waals surface area contributed by atoms with Crippen molar-refractivity contribution in [3.8, 4) is 0 Å². The monoisotopic (exact) mass is 343 g/mol. The molecular formula is C20H25NO2S. The molecule has 1 heterocycles. The maximum absolute atomic E-state index is 13.6. The highest BCUT2D eigenvalue weighted by molar-refractivity contribution is 7.93. The Labute approximate surface area is 145 Å². The first-order chi connectivity index (χ1) is 11.2. The van der Waals surface area contributed by atoms with Crippen molar-refractivity contribution in [1.29, 1.82) is 0 Å². The van der Waals surface area contributed by atoms with E-state index in [0.29, 0.717) is 4.90 Å². The first-order valence-corrected chi connectivity index (χ1v) is 9.81. The fraction of sp³-hybridized carbons (Fsp3) is 0.400. The summed E-state index contributed by atoms with van der Waals surface area (Å²) in [6.45, 7) is 11.9. The van der Waals surface area contributed by atoms with E-state index in [9.17, 15) is 8.42 Å². The van der Waals surface area contributed by atoms with Crippen LogP contribution in [-0.2, 0) is 16.4 Å². The molecule has 0 saturated heterocycles. The van der Waals surface area contributed by atoms with Gasteiger partial charge in [0.25, 0.3) is 10.0 Å². The normalized spacial score (nSPS) is 17.2. The third-order valence-corrected chi connectivity index (χ3v) is 7.80. The van der Waals surface area contributed by atoms with Gasteiger partial charge in [-0.2, -0.15) is 0 Å². The molecular weight excluding hydrogens is 318 g/mol. The van der Waals surface area contributed by atoms with Crippen molar-refractivity contribution in [3.05, 3.63) is 57.6 Å². The van der Waals surface area contributed by atoms with Crippen LogP contribution in [0.15, 0.2) is 29.2 Å². The second-order valence-corrected chi connectivity index (χ2v) is 8.69. The van der Waals surface area contributed by atoms with E-state index in [1.165, 1.54) is 5.56 Å². The van der Waals surface area contributed by atoms with Crippen molar-refractivity contribution in [2.45, 2.75) is 58.9 Å². The lowest BCUT2D eigenvalue weighted by Gasteiger charge is -2.28. The Bertz CT molecular complexity index is 900. The zero-order chi connectivity index (χ0) is 17.8. The summed E-state index contributed by atoms with van der Waals surface area (Å²) in [6, 6.07) is 7.75. The van der Waals surface area contributed by atoms with Gasteiger partial charge in [-0.15, -0.1) is 0 Å². The van der Waals surface area contributed by atoms with Crippen LogP contribution in [0.2, 0.25) is 0 Å². The van der Waals surface area contributed by atoms with Gasteiger partial charge in [0.2, 0.25) is 0 Å². The predicted molar refractivity (Wildman–Crippen MR) is 99.4 cm³/mol. The van der Waals surface area contributed by atoms with Crippen molar-refractivity contribution in [3.63, 3.8) is 0 Å². The molecule has 24 heavy (non-hydrogen) atoms. The molecule has 0 radical (unpaired) electrons. The highest BCUT2D eigenvalue weighted by atomic mass is 32.2. The van der Waals surface area contributed by atoms with Gasteiger partial charge in [-0.1, -0.05) is 18.2 Å². The number of hydrogen-bond donors (Lipinski definition) is 0. The van der Waals surface area contributed by atoms with Gasteiger partial charge in [0.05, 0.1) is 10.6 Å². The van der Waals surface area contributed by atoms with E-state index in [-0.39, 0.29) is 6.04 Å². The lowest BCUT2D eigenvalue weighted by atomic mass is 9.95. The standard InChI is InChI=1S/C20H25NO2S/c1-12-11-18-9-7-8-10-19(18)21(12)24(22,23)20-16(5)14(3)13(2)15(4)17(20)6/h7-10,12H,11H2,1-6H3. The van der Waals surface area contributed by atoms with Crippen LogP contribution in [0.5, 0.6) is 0 Å². The second kappa shape index (κ2) is 5.62. The number of sulfonamides is 1. The molecule has 0 fully saturated rings. The minimum atomic E-state index is -3.59. The van der Waals surface area contributed by atoms with Crippen LogP contribution in [0.25, 0.3) is 0 Å². The fourth-order valence-corrected chi connectivity index (χ4v) is 6.12. The second-order valence-electron chi connectivity index (χ2n) is 6.94. The van der Waals surface area contributed by atoms with Gasteiger partial charge < -0.3 is 0 Å². The van der Waals surface area contributed by atoms with E-state index >= 15 is 0 Å². The van der Waals surface area contributed by atoms with Gasteiger partial charge in [0.15, 0.2) is 0 Å². The highest BCUT2D eigenvalue weighted by Crippen LogP contribution is 2.39. The largest absolute Gasteiger partial charge is 0.265 e. The summed E-state index contributed by atoms with van der Waals surface area (Å²) in [7, 11) is -3.59. The van der Waals surface area contributed by atoms with Gasteiger partial charge in [-0.05, 0) is 87.4 Å². The van der Waals surface area contributed by atoms with Crippen molar-refractivity contribution in [2.75, 3.05) is 4.31 Å². The van der Waals surface area contributed by atoms with Crippen molar-refractivity contribution >= 4 is 15.7 Å². The molecule has 3 rings (SSSR count). The van der Waals surface area contributed by atoms with Crippen LogP contribution >= 0.6 is 0 Å². The lowest BCUT2D eigenvalue weighted by molar-refractivity contribution is 0.582. The highest BCUT2D eigenvalue weighted by Gasteiger charge is 2.38. The fourth-order valence-electron chi connectivity index (χ4n) is 3.85. The Hall–Kier alpha value is -1.81. The number of anilines is 1. The minimum Gasteiger partial charge on any atom is -0.263 e. The van der Waals surface area contributed by atoms with E-state index in [2.05, 4.69) is 6.92 Å². The summed E-state index contributed by atoms with van der Waals surface area (Å²) in [4.78, 5) is 0.478. The summed E-state index contributed by atoms with van der Waals surface area (Å²) in [5.74, 6) is 0. The van der Waals surface area contributed by atoms with E-state index < -0.39 is 10.0 Å². The Morgan fingerprint density at radius 1 is 0.875 bits per heavy atom.